The Labute approximate surface area is 182 Å². The maximum Gasteiger partial charge on any atom is 0.255 e. The van der Waals surface area contributed by atoms with Gasteiger partial charge in [-0.1, -0.05) is 64.1 Å². The van der Waals surface area contributed by atoms with Crippen LogP contribution in [0.3, 0.4) is 0 Å². The second-order valence-corrected chi connectivity index (χ2v) is 8.41. The van der Waals surface area contributed by atoms with E-state index in [9.17, 15) is 4.79 Å². The van der Waals surface area contributed by atoms with Crippen LogP contribution in [0.2, 0.25) is 0 Å². The van der Waals surface area contributed by atoms with Crippen molar-refractivity contribution in [3.05, 3.63) is 65.2 Å². The molecule has 1 N–H and O–H groups in total. The largest absolute Gasteiger partial charge is 0.493 e. The number of likely N-dealkylation sites (N-methyl/N-ethyl adjacent to an activating group) is 1. The molecule has 0 aliphatic carbocycles. The highest BCUT2D eigenvalue weighted by atomic mass is 35.5. The Morgan fingerprint density at radius 3 is 2.24 bits per heavy atom. The lowest BCUT2D eigenvalue weighted by molar-refractivity contribution is 0.0938. The summed E-state index contributed by atoms with van der Waals surface area (Å²) in [6, 6.07) is 16.2. The highest BCUT2D eigenvalue weighted by molar-refractivity contribution is 5.96. The minimum absolute atomic E-state index is 0. The molecule has 0 saturated carbocycles. The summed E-state index contributed by atoms with van der Waals surface area (Å²) in [6.45, 7) is 9.82. The summed E-state index contributed by atoms with van der Waals surface area (Å²) in [5.74, 6) is 0.530. The molecule has 0 radical (unpaired) electrons. The van der Waals surface area contributed by atoms with Crippen LogP contribution in [0, 0.1) is 0 Å². The minimum atomic E-state index is -0.107. The number of rotatable bonds is 8. The number of hydrogen-bond donors (Lipinski definition) is 1. The van der Waals surface area contributed by atoms with E-state index in [0.29, 0.717) is 24.5 Å². The fraction of sp³-hybridized carbons (Fsp3) is 0.458. The highest BCUT2D eigenvalue weighted by Gasteiger charge is 2.19. The number of nitrogens with one attached hydrogen (secondary N) is 1. The van der Waals surface area contributed by atoms with E-state index in [1.54, 1.807) is 0 Å². The lowest BCUT2D eigenvalue weighted by Crippen LogP contribution is -2.34. The lowest BCUT2D eigenvalue weighted by Gasteiger charge is -2.26. The highest BCUT2D eigenvalue weighted by Crippen LogP contribution is 2.25. The Morgan fingerprint density at radius 2 is 1.69 bits per heavy atom. The van der Waals surface area contributed by atoms with Crippen LogP contribution in [0.15, 0.2) is 48.5 Å². The number of para-hydroxylation sites is 1. The summed E-state index contributed by atoms with van der Waals surface area (Å²) >= 11 is 0. The molecular formula is C24H35ClN2O2. The average Bonchev–Trinajstić information content (AvgIpc) is 2.66. The number of halogens is 1. The first-order chi connectivity index (χ1) is 13.2. The molecule has 0 fully saturated rings. The standard InChI is InChI=1S/C24H34N2O2.ClH/c1-7-16-28-22-11-9-8-10-20(22)23(27)25-17-21(26(5)6)18-12-14-19(15-13-18)24(2,3)4;/h8-15,21H,7,16-17H2,1-6H3,(H,25,27);1H. The van der Waals surface area contributed by atoms with Gasteiger partial charge in [0.15, 0.2) is 0 Å². The third-order valence-electron chi connectivity index (χ3n) is 4.83. The Balaban J connectivity index is 0.00000420. The van der Waals surface area contributed by atoms with E-state index in [4.69, 9.17) is 4.74 Å². The quantitative estimate of drug-likeness (QED) is 0.638. The molecule has 5 heteroatoms. The van der Waals surface area contributed by atoms with Gasteiger partial charge in [-0.05, 0) is 49.2 Å². The Kier molecular flexibility index (Phi) is 9.67. The first-order valence-corrected chi connectivity index (χ1v) is 10.0. The lowest BCUT2D eigenvalue weighted by atomic mass is 9.86. The molecule has 0 aromatic heterocycles. The van der Waals surface area contributed by atoms with Crippen LogP contribution in [0.5, 0.6) is 5.75 Å². The van der Waals surface area contributed by atoms with Crippen molar-refractivity contribution >= 4 is 18.3 Å². The molecule has 0 aliphatic heterocycles. The molecule has 2 aromatic carbocycles. The van der Waals surface area contributed by atoms with Gasteiger partial charge in [0.2, 0.25) is 0 Å². The van der Waals surface area contributed by atoms with Crippen LogP contribution in [-0.4, -0.2) is 38.1 Å². The van der Waals surface area contributed by atoms with Crippen LogP contribution in [0.25, 0.3) is 0 Å². The van der Waals surface area contributed by atoms with E-state index in [1.165, 1.54) is 11.1 Å². The van der Waals surface area contributed by atoms with Gasteiger partial charge in [0.1, 0.15) is 5.75 Å². The van der Waals surface area contributed by atoms with E-state index in [-0.39, 0.29) is 29.8 Å². The minimum Gasteiger partial charge on any atom is -0.493 e. The summed E-state index contributed by atoms with van der Waals surface area (Å²) in [5.41, 5.74) is 3.20. The van der Waals surface area contributed by atoms with Crippen molar-refractivity contribution in [2.45, 2.75) is 45.6 Å². The van der Waals surface area contributed by atoms with Gasteiger partial charge in [0.05, 0.1) is 18.2 Å². The molecule has 2 aromatic rings. The SMILES string of the molecule is CCCOc1ccccc1C(=O)NCC(c1ccc(C(C)(C)C)cc1)N(C)C.Cl. The molecule has 0 aliphatic rings. The van der Waals surface area contributed by atoms with Gasteiger partial charge in [0, 0.05) is 6.54 Å². The van der Waals surface area contributed by atoms with Crippen molar-refractivity contribution in [1.29, 1.82) is 0 Å². The normalized spacial score (nSPS) is 12.2. The van der Waals surface area contributed by atoms with E-state index in [2.05, 4.69) is 62.2 Å². The number of carbonyl (C=O) groups is 1. The summed E-state index contributed by atoms with van der Waals surface area (Å²) in [6.07, 6.45) is 0.906. The van der Waals surface area contributed by atoms with Gasteiger partial charge in [-0.2, -0.15) is 0 Å². The Hall–Kier alpha value is -2.04. The number of ether oxygens (including phenoxy) is 1. The van der Waals surface area contributed by atoms with Crippen molar-refractivity contribution in [1.82, 2.24) is 10.2 Å². The number of hydrogen-bond acceptors (Lipinski definition) is 3. The molecule has 160 valence electrons. The molecule has 29 heavy (non-hydrogen) atoms. The van der Waals surface area contributed by atoms with Crippen molar-refractivity contribution in [3.63, 3.8) is 0 Å². The van der Waals surface area contributed by atoms with E-state index in [1.807, 2.05) is 38.4 Å². The van der Waals surface area contributed by atoms with Crippen molar-refractivity contribution in [2.24, 2.45) is 0 Å². The summed E-state index contributed by atoms with van der Waals surface area (Å²) in [4.78, 5) is 14.9. The topological polar surface area (TPSA) is 41.6 Å². The Morgan fingerprint density at radius 1 is 1.07 bits per heavy atom. The molecule has 2 rings (SSSR count). The molecule has 4 nitrogen and oxygen atoms in total. The molecule has 0 heterocycles. The van der Waals surface area contributed by atoms with Crippen LogP contribution in [-0.2, 0) is 5.41 Å². The van der Waals surface area contributed by atoms with E-state index >= 15 is 0 Å². The third kappa shape index (κ3) is 7.06. The second kappa shape index (κ2) is 11.2. The second-order valence-electron chi connectivity index (χ2n) is 8.41. The van der Waals surface area contributed by atoms with Crippen LogP contribution < -0.4 is 10.1 Å². The number of amides is 1. The first-order valence-electron chi connectivity index (χ1n) is 10.0. The third-order valence-corrected chi connectivity index (χ3v) is 4.83. The smallest absolute Gasteiger partial charge is 0.255 e. The van der Waals surface area contributed by atoms with E-state index in [0.717, 1.165) is 6.42 Å². The molecule has 1 unspecified atom stereocenters. The zero-order valence-electron chi connectivity index (χ0n) is 18.5. The molecular weight excluding hydrogens is 384 g/mol. The van der Waals surface area contributed by atoms with Gasteiger partial charge in [0.25, 0.3) is 5.91 Å². The molecule has 1 amide bonds. The van der Waals surface area contributed by atoms with Gasteiger partial charge in [-0.3, -0.25) is 4.79 Å². The van der Waals surface area contributed by atoms with Gasteiger partial charge in [-0.15, -0.1) is 12.4 Å². The average molecular weight is 419 g/mol. The molecule has 0 spiro atoms. The monoisotopic (exact) mass is 418 g/mol. The van der Waals surface area contributed by atoms with Crippen molar-refractivity contribution < 1.29 is 9.53 Å². The molecule has 1 atom stereocenters. The Bertz CT molecular complexity index is 767. The predicted molar refractivity (Wildman–Crippen MR) is 123 cm³/mol. The maximum atomic E-state index is 12.8. The number of benzene rings is 2. The van der Waals surface area contributed by atoms with Gasteiger partial charge >= 0.3 is 0 Å². The fourth-order valence-electron chi connectivity index (χ4n) is 3.08. The summed E-state index contributed by atoms with van der Waals surface area (Å²) < 4.78 is 5.72. The predicted octanol–water partition coefficient (Wildman–Crippen LogP) is 5.23. The van der Waals surface area contributed by atoms with Gasteiger partial charge < -0.3 is 15.0 Å². The zero-order chi connectivity index (χ0) is 20.7. The number of carbonyl (C=O) groups excluding carboxylic acids is 1. The maximum absolute atomic E-state index is 12.8. The molecule has 0 bridgehead atoms. The summed E-state index contributed by atoms with van der Waals surface area (Å²) in [5, 5.41) is 3.08. The van der Waals surface area contributed by atoms with Crippen molar-refractivity contribution in [2.75, 3.05) is 27.2 Å². The van der Waals surface area contributed by atoms with Crippen molar-refractivity contribution in [3.8, 4) is 5.75 Å². The van der Waals surface area contributed by atoms with E-state index < -0.39 is 0 Å². The first kappa shape index (κ1) is 25.0. The van der Waals surface area contributed by atoms with Crippen LogP contribution in [0.1, 0.15) is 61.6 Å². The van der Waals surface area contributed by atoms with Crippen LogP contribution >= 0.6 is 12.4 Å². The number of nitrogens with zero attached hydrogens (tertiary/aromatic N) is 1. The zero-order valence-corrected chi connectivity index (χ0v) is 19.3. The fourth-order valence-corrected chi connectivity index (χ4v) is 3.08. The van der Waals surface area contributed by atoms with Gasteiger partial charge in [-0.25, -0.2) is 0 Å². The van der Waals surface area contributed by atoms with Crippen LogP contribution in [0.4, 0.5) is 0 Å². The molecule has 0 saturated heterocycles. The summed E-state index contributed by atoms with van der Waals surface area (Å²) in [7, 11) is 4.07.